The van der Waals surface area contributed by atoms with Crippen molar-refractivity contribution >= 4 is 17.5 Å². The molecule has 0 aliphatic heterocycles. The smallest absolute Gasteiger partial charge is 0.251 e. The number of halogens is 1. The van der Waals surface area contributed by atoms with Crippen molar-refractivity contribution < 1.29 is 14.0 Å². The van der Waals surface area contributed by atoms with Crippen molar-refractivity contribution in [2.24, 2.45) is 5.92 Å². The van der Waals surface area contributed by atoms with Gasteiger partial charge in [-0.2, -0.15) is 5.10 Å². The molecule has 7 nitrogen and oxygen atoms in total. The van der Waals surface area contributed by atoms with Crippen LogP contribution in [0.4, 0.5) is 10.1 Å². The first kappa shape index (κ1) is 20.6. The van der Waals surface area contributed by atoms with Crippen molar-refractivity contribution in [2.75, 3.05) is 26.0 Å². The van der Waals surface area contributed by atoms with Crippen molar-refractivity contribution in [2.45, 2.75) is 26.4 Å². The molecule has 0 aliphatic rings. The van der Waals surface area contributed by atoms with E-state index in [1.54, 1.807) is 17.1 Å². The highest BCUT2D eigenvalue weighted by Gasteiger charge is 2.25. The molecule has 1 unspecified atom stereocenters. The van der Waals surface area contributed by atoms with E-state index >= 15 is 0 Å². The zero-order valence-corrected chi connectivity index (χ0v) is 16.1. The highest BCUT2D eigenvalue weighted by molar-refractivity contribution is 6.01. The number of hydrogen-bond acceptors (Lipinski definition) is 4. The van der Waals surface area contributed by atoms with Crippen molar-refractivity contribution in [3.05, 3.63) is 48.0 Å². The van der Waals surface area contributed by atoms with Gasteiger partial charge in [-0.25, -0.2) is 4.39 Å². The Hall–Kier alpha value is -2.74. The largest absolute Gasteiger partial charge is 0.340 e. The average molecular weight is 375 g/mol. The van der Waals surface area contributed by atoms with Crippen molar-refractivity contribution in [3.8, 4) is 0 Å². The molecule has 0 spiro atoms. The van der Waals surface area contributed by atoms with Crippen molar-refractivity contribution in [1.82, 2.24) is 20.0 Å². The molecule has 1 atom stereocenters. The van der Waals surface area contributed by atoms with Gasteiger partial charge in [0, 0.05) is 18.3 Å². The summed E-state index contributed by atoms with van der Waals surface area (Å²) in [5, 5.41) is 9.71. The highest BCUT2D eigenvalue weighted by Crippen LogP contribution is 2.11. The van der Waals surface area contributed by atoms with Crippen LogP contribution in [-0.2, 0) is 11.3 Å². The van der Waals surface area contributed by atoms with Gasteiger partial charge in [-0.1, -0.05) is 13.8 Å². The SMILES string of the molecule is CC(C)C(NC(=O)c1ccc(F)cc1)C(=O)Nc1cnn(CCN(C)C)c1. The normalized spacial score (nSPS) is 12.3. The van der Waals surface area contributed by atoms with Gasteiger partial charge in [-0.3, -0.25) is 14.3 Å². The molecule has 1 heterocycles. The molecular formula is C19H26FN5O2. The molecule has 2 aromatic rings. The molecule has 1 aromatic carbocycles. The molecule has 0 radical (unpaired) electrons. The zero-order valence-electron chi connectivity index (χ0n) is 16.1. The maximum absolute atomic E-state index is 13.0. The molecule has 0 saturated carbocycles. The molecular weight excluding hydrogens is 349 g/mol. The molecule has 2 rings (SSSR count). The first-order valence-corrected chi connectivity index (χ1v) is 8.80. The predicted octanol–water partition coefficient (Wildman–Crippen LogP) is 1.98. The third-order valence-electron chi connectivity index (χ3n) is 4.02. The van der Waals surface area contributed by atoms with Gasteiger partial charge in [0.2, 0.25) is 5.91 Å². The van der Waals surface area contributed by atoms with Gasteiger partial charge >= 0.3 is 0 Å². The van der Waals surface area contributed by atoms with Crippen LogP contribution in [0.3, 0.4) is 0 Å². The average Bonchev–Trinajstić information content (AvgIpc) is 3.05. The van der Waals surface area contributed by atoms with Crippen LogP contribution in [0.1, 0.15) is 24.2 Å². The minimum Gasteiger partial charge on any atom is -0.340 e. The third kappa shape index (κ3) is 6.18. The van der Waals surface area contributed by atoms with Crippen LogP contribution >= 0.6 is 0 Å². The first-order valence-electron chi connectivity index (χ1n) is 8.80. The molecule has 0 fully saturated rings. The molecule has 0 saturated heterocycles. The highest BCUT2D eigenvalue weighted by atomic mass is 19.1. The lowest BCUT2D eigenvalue weighted by Gasteiger charge is -2.21. The zero-order chi connectivity index (χ0) is 20.0. The Kier molecular flexibility index (Phi) is 7.06. The number of carbonyl (C=O) groups is 2. The number of benzene rings is 1. The second-order valence-electron chi connectivity index (χ2n) is 6.99. The molecule has 0 bridgehead atoms. The number of rotatable bonds is 8. The lowest BCUT2D eigenvalue weighted by atomic mass is 10.0. The Labute approximate surface area is 158 Å². The maximum atomic E-state index is 13.0. The number of nitrogens with one attached hydrogen (secondary N) is 2. The fraction of sp³-hybridized carbons (Fsp3) is 0.421. The number of carbonyl (C=O) groups excluding carboxylic acids is 2. The summed E-state index contributed by atoms with van der Waals surface area (Å²) in [6.45, 7) is 5.22. The van der Waals surface area contributed by atoms with Crippen LogP contribution in [0, 0.1) is 11.7 Å². The molecule has 2 N–H and O–H groups in total. The van der Waals surface area contributed by atoms with E-state index in [1.165, 1.54) is 24.3 Å². The number of hydrogen-bond donors (Lipinski definition) is 2. The molecule has 1 aromatic heterocycles. The van der Waals surface area contributed by atoms with Crippen LogP contribution in [0.25, 0.3) is 0 Å². The van der Waals surface area contributed by atoms with E-state index in [1.807, 2.05) is 32.8 Å². The quantitative estimate of drug-likeness (QED) is 0.739. The van der Waals surface area contributed by atoms with Gasteiger partial charge in [0.05, 0.1) is 18.4 Å². The summed E-state index contributed by atoms with van der Waals surface area (Å²) >= 11 is 0. The molecule has 27 heavy (non-hydrogen) atoms. The molecule has 0 aliphatic carbocycles. The van der Waals surface area contributed by atoms with E-state index < -0.39 is 17.8 Å². The topological polar surface area (TPSA) is 79.3 Å². The first-order chi connectivity index (χ1) is 12.8. The van der Waals surface area contributed by atoms with Gasteiger partial charge < -0.3 is 15.5 Å². The van der Waals surface area contributed by atoms with E-state index in [-0.39, 0.29) is 11.8 Å². The number of aromatic nitrogens is 2. The maximum Gasteiger partial charge on any atom is 0.251 e. The van der Waals surface area contributed by atoms with Crippen LogP contribution in [0.5, 0.6) is 0 Å². The fourth-order valence-corrected chi connectivity index (χ4v) is 2.43. The Bertz CT molecular complexity index is 771. The van der Waals surface area contributed by atoms with Crippen LogP contribution in [-0.4, -0.2) is 53.2 Å². The number of anilines is 1. The Morgan fingerprint density at radius 2 is 1.89 bits per heavy atom. The summed E-state index contributed by atoms with van der Waals surface area (Å²) in [5.41, 5.74) is 0.867. The monoisotopic (exact) mass is 375 g/mol. The second-order valence-corrected chi connectivity index (χ2v) is 6.99. The second kappa shape index (κ2) is 9.27. The summed E-state index contributed by atoms with van der Waals surface area (Å²) < 4.78 is 14.8. The van der Waals surface area contributed by atoms with Crippen molar-refractivity contribution in [1.29, 1.82) is 0 Å². The molecule has 8 heteroatoms. The van der Waals surface area contributed by atoms with E-state index in [2.05, 4.69) is 15.7 Å². The van der Waals surface area contributed by atoms with E-state index in [4.69, 9.17) is 0 Å². The number of amides is 2. The van der Waals surface area contributed by atoms with Crippen LogP contribution < -0.4 is 10.6 Å². The Morgan fingerprint density at radius 3 is 2.48 bits per heavy atom. The number of nitrogens with zero attached hydrogens (tertiary/aromatic N) is 3. The molecule has 146 valence electrons. The van der Waals surface area contributed by atoms with Gasteiger partial charge in [0.25, 0.3) is 5.91 Å². The van der Waals surface area contributed by atoms with E-state index in [9.17, 15) is 14.0 Å². The van der Waals surface area contributed by atoms with Gasteiger partial charge in [-0.15, -0.1) is 0 Å². The standard InChI is InChI=1S/C19H26FN5O2/c1-13(2)17(23-18(26)14-5-7-15(20)8-6-14)19(27)22-16-11-21-25(12-16)10-9-24(3)4/h5-8,11-13,17H,9-10H2,1-4H3,(H,22,27)(H,23,26). The Balaban J connectivity index is 2.00. The third-order valence-corrected chi connectivity index (χ3v) is 4.02. The van der Waals surface area contributed by atoms with Gasteiger partial charge in [-0.05, 0) is 44.3 Å². The molecule has 2 amide bonds. The summed E-state index contributed by atoms with van der Waals surface area (Å²) in [6, 6.07) is 4.46. The van der Waals surface area contributed by atoms with E-state index in [0.29, 0.717) is 17.8 Å². The van der Waals surface area contributed by atoms with Crippen molar-refractivity contribution in [3.63, 3.8) is 0 Å². The minimum absolute atomic E-state index is 0.127. The van der Waals surface area contributed by atoms with Gasteiger partial charge in [0.1, 0.15) is 11.9 Å². The number of likely N-dealkylation sites (N-methyl/N-ethyl adjacent to an activating group) is 1. The summed E-state index contributed by atoms with van der Waals surface area (Å²) in [4.78, 5) is 27.0. The fourth-order valence-electron chi connectivity index (χ4n) is 2.43. The lowest BCUT2D eigenvalue weighted by molar-refractivity contribution is -0.118. The van der Waals surface area contributed by atoms with Crippen LogP contribution in [0.15, 0.2) is 36.7 Å². The Morgan fingerprint density at radius 1 is 1.22 bits per heavy atom. The van der Waals surface area contributed by atoms with E-state index in [0.717, 1.165) is 6.54 Å². The lowest BCUT2D eigenvalue weighted by Crippen LogP contribution is -2.47. The minimum atomic E-state index is -0.729. The van der Waals surface area contributed by atoms with Gasteiger partial charge in [0.15, 0.2) is 0 Å². The predicted molar refractivity (Wildman–Crippen MR) is 102 cm³/mol. The van der Waals surface area contributed by atoms with Crippen LogP contribution in [0.2, 0.25) is 0 Å². The summed E-state index contributed by atoms with van der Waals surface area (Å²) in [5.74, 6) is -1.30. The summed E-state index contributed by atoms with van der Waals surface area (Å²) in [7, 11) is 3.95. The summed E-state index contributed by atoms with van der Waals surface area (Å²) in [6.07, 6.45) is 3.33.